The molecule has 23 heavy (non-hydrogen) atoms. The fourth-order valence-electron chi connectivity index (χ4n) is 3.35. The third-order valence-corrected chi connectivity index (χ3v) is 4.85. The van der Waals surface area contributed by atoms with Crippen LogP contribution >= 0.6 is 0 Å². The average molecular weight is 320 g/mol. The van der Waals surface area contributed by atoms with Gasteiger partial charge in [0.2, 0.25) is 0 Å². The van der Waals surface area contributed by atoms with Gasteiger partial charge in [0.15, 0.2) is 6.10 Å². The van der Waals surface area contributed by atoms with Crippen LogP contribution < -0.4 is 0 Å². The molecule has 0 unspecified atom stereocenters. The van der Waals surface area contributed by atoms with Gasteiger partial charge >= 0.3 is 5.97 Å². The van der Waals surface area contributed by atoms with E-state index >= 15 is 0 Å². The molecule has 0 bridgehead atoms. The highest BCUT2D eigenvalue weighted by molar-refractivity contribution is 5.66. The molecule has 0 aliphatic carbocycles. The van der Waals surface area contributed by atoms with Crippen LogP contribution in [0, 0.1) is 0 Å². The number of benzene rings is 1. The Balaban J connectivity index is 3.02. The number of carbonyl (C=O) groups is 1. The fourth-order valence-corrected chi connectivity index (χ4v) is 3.35. The van der Waals surface area contributed by atoms with Crippen LogP contribution in [-0.2, 0) is 9.53 Å². The van der Waals surface area contributed by atoms with Gasteiger partial charge in [-0.1, -0.05) is 50.6 Å². The molecule has 0 aromatic heterocycles. The Bertz CT molecular complexity index is 460. The molecule has 0 N–H and O–H groups in total. The van der Waals surface area contributed by atoms with Gasteiger partial charge in [0, 0.05) is 6.92 Å². The fraction of sp³-hybridized carbons (Fsp3) is 0.650. The summed E-state index contributed by atoms with van der Waals surface area (Å²) >= 11 is 0. The lowest BCUT2D eigenvalue weighted by molar-refractivity contribution is -0.935. The highest BCUT2D eigenvalue weighted by atomic mass is 16.5. The smallest absolute Gasteiger partial charge is 0.303 e. The first-order chi connectivity index (χ1) is 10.9. The monoisotopic (exact) mass is 320 g/mol. The number of esters is 1. The van der Waals surface area contributed by atoms with Crippen molar-refractivity contribution in [3.05, 3.63) is 35.9 Å². The average Bonchev–Trinajstić information content (AvgIpc) is 2.53. The molecule has 1 aromatic rings. The van der Waals surface area contributed by atoms with Crippen molar-refractivity contribution in [2.75, 3.05) is 20.1 Å². The maximum absolute atomic E-state index is 11.6. The molecule has 0 amide bonds. The minimum Gasteiger partial charge on any atom is -0.451 e. The Morgan fingerprint density at radius 2 is 1.74 bits per heavy atom. The third kappa shape index (κ3) is 5.98. The molecule has 0 spiro atoms. The second-order valence-electron chi connectivity index (χ2n) is 6.82. The lowest BCUT2D eigenvalue weighted by atomic mass is 9.99. The maximum atomic E-state index is 11.6. The molecule has 1 aromatic carbocycles. The van der Waals surface area contributed by atoms with Gasteiger partial charge in [0.1, 0.15) is 6.04 Å². The van der Waals surface area contributed by atoms with Crippen LogP contribution in [0.1, 0.15) is 65.0 Å². The van der Waals surface area contributed by atoms with Crippen LogP contribution in [0.25, 0.3) is 0 Å². The van der Waals surface area contributed by atoms with Crippen LogP contribution in [0.5, 0.6) is 0 Å². The molecular formula is C20H34NO2+. The summed E-state index contributed by atoms with van der Waals surface area (Å²) in [6.07, 6.45) is 4.65. The Morgan fingerprint density at radius 1 is 1.09 bits per heavy atom. The highest BCUT2D eigenvalue weighted by Gasteiger charge is 2.37. The van der Waals surface area contributed by atoms with Crippen LogP contribution in [0.3, 0.4) is 0 Å². The summed E-state index contributed by atoms with van der Waals surface area (Å²) in [5, 5.41) is 0. The number of quaternary nitrogens is 1. The minimum atomic E-state index is -0.206. The van der Waals surface area contributed by atoms with E-state index < -0.39 is 0 Å². The topological polar surface area (TPSA) is 26.3 Å². The molecule has 0 radical (unpaired) electrons. The molecule has 0 aliphatic heterocycles. The number of rotatable bonds is 10. The summed E-state index contributed by atoms with van der Waals surface area (Å²) in [5.41, 5.74) is 1.09. The Labute approximate surface area is 142 Å². The van der Waals surface area contributed by atoms with Crippen molar-refractivity contribution < 1.29 is 14.0 Å². The molecular weight excluding hydrogens is 286 g/mol. The second kappa shape index (κ2) is 9.71. The van der Waals surface area contributed by atoms with Crippen molar-refractivity contribution in [3.8, 4) is 0 Å². The standard InChI is InChI=1S/C20H34NO2/c1-6-8-12-16-21(5,15-7-2)17(3)20(23-18(4)22)19-13-10-9-11-14-19/h9-11,13-14,17,20H,6-8,12,15-16H2,1-5H3/q+1/t17-,20-,21-/m0/s1. The second-order valence-corrected chi connectivity index (χ2v) is 6.82. The van der Waals surface area contributed by atoms with Gasteiger partial charge in [-0.2, -0.15) is 0 Å². The number of hydrogen-bond donors (Lipinski definition) is 0. The first-order valence-electron chi connectivity index (χ1n) is 9.01. The molecule has 3 heteroatoms. The van der Waals surface area contributed by atoms with Gasteiger partial charge in [-0.3, -0.25) is 4.79 Å². The van der Waals surface area contributed by atoms with Crippen molar-refractivity contribution in [1.29, 1.82) is 0 Å². The van der Waals surface area contributed by atoms with Crippen molar-refractivity contribution in [2.24, 2.45) is 0 Å². The summed E-state index contributed by atoms with van der Waals surface area (Å²) in [6.45, 7) is 10.4. The van der Waals surface area contributed by atoms with Crippen LogP contribution in [0.15, 0.2) is 30.3 Å². The molecule has 0 aliphatic rings. The molecule has 3 nitrogen and oxygen atoms in total. The molecule has 0 saturated carbocycles. The first-order valence-corrected chi connectivity index (χ1v) is 9.01. The van der Waals surface area contributed by atoms with Crippen molar-refractivity contribution in [2.45, 2.75) is 65.5 Å². The SMILES string of the molecule is CCCCC[N@+](C)(CCC)[C@@H](C)[C@H](OC(C)=O)c1ccccc1. The summed E-state index contributed by atoms with van der Waals surface area (Å²) in [5.74, 6) is -0.206. The number of ether oxygens (including phenoxy) is 1. The zero-order valence-corrected chi connectivity index (χ0v) is 15.5. The highest BCUT2D eigenvalue weighted by Crippen LogP contribution is 2.29. The zero-order chi connectivity index (χ0) is 17.3. The van der Waals surface area contributed by atoms with E-state index in [2.05, 4.69) is 40.0 Å². The van der Waals surface area contributed by atoms with Crippen LogP contribution in [-0.4, -0.2) is 36.6 Å². The maximum Gasteiger partial charge on any atom is 0.303 e. The lowest BCUT2D eigenvalue weighted by Gasteiger charge is -2.43. The Hall–Kier alpha value is -1.35. The van der Waals surface area contributed by atoms with Gasteiger partial charge in [-0.25, -0.2) is 0 Å². The van der Waals surface area contributed by atoms with E-state index in [1.807, 2.05) is 18.2 Å². The summed E-state index contributed by atoms with van der Waals surface area (Å²) in [4.78, 5) is 11.6. The number of likely N-dealkylation sites (N-methyl/N-ethyl adjacent to an activating group) is 1. The Kier molecular flexibility index (Phi) is 8.32. The van der Waals surface area contributed by atoms with Crippen LogP contribution in [0.4, 0.5) is 0 Å². The quantitative estimate of drug-likeness (QED) is 0.354. The molecule has 0 saturated heterocycles. The van der Waals surface area contributed by atoms with Gasteiger partial charge in [-0.05, 0) is 31.7 Å². The van der Waals surface area contributed by atoms with E-state index in [-0.39, 0.29) is 18.1 Å². The number of nitrogens with zero attached hydrogens (tertiary/aromatic N) is 1. The van der Waals surface area contributed by atoms with Crippen molar-refractivity contribution >= 4 is 5.97 Å². The van der Waals surface area contributed by atoms with Gasteiger partial charge in [0.25, 0.3) is 0 Å². The zero-order valence-electron chi connectivity index (χ0n) is 15.5. The first kappa shape index (κ1) is 19.7. The van der Waals surface area contributed by atoms with E-state index in [0.717, 1.165) is 29.6 Å². The van der Waals surface area contributed by atoms with Crippen LogP contribution in [0.2, 0.25) is 0 Å². The largest absolute Gasteiger partial charge is 0.451 e. The molecule has 0 heterocycles. The Morgan fingerprint density at radius 3 is 2.26 bits per heavy atom. The predicted molar refractivity (Wildman–Crippen MR) is 96.1 cm³/mol. The molecule has 1 rings (SSSR count). The molecule has 0 fully saturated rings. The van der Waals surface area contributed by atoms with Crippen molar-refractivity contribution in [3.63, 3.8) is 0 Å². The normalized spacial score (nSPS) is 16.4. The van der Waals surface area contributed by atoms with E-state index in [0.29, 0.717) is 0 Å². The number of carbonyl (C=O) groups excluding carboxylic acids is 1. The summed E-state index contributed by atoms with van der Waals surface area (Å²) < 4.78 is 6.69. The minimum absolute atomic E-state index is 0.188. The number of unbranched alkanes of at least 4 members (excludes halogenated alkanes) is 2. The van der Waals surface area contributed by atoms with Crippen molar-refractivity contribution in [1.82, 2.24) is 0 Å². The number of hydrogen-bond acceptors (Lipinski definition) is 2. The van der Waals surface area contributed by atoms with Gasteiger partial charge in [0.05, 0.1) is 20.1 Å². The molecule has 130 valence electrons. The lowest BCUT2D eigenvalue weighted by Crippen LogP contribution is -2.55. The summed E-state index contributed by atoms with van der Waals surface area (Å²) in [6, 6.07) is 10.4. The van der Waals surface area contributed by atoms with E-state index in [9.17, 15) is 4.79 Å². The van der Waals surface area contributed by atoms with E-state index in [1.165, 1.54) is 26.2 Å². The predicted octanol–water partition coefficient (Wildman–Crippen LogP) is 4.73. The molecule has 3 atom stereocenters. The van der Waals surface area contributed by atoms with Gasteiger partial charge in [-0.15, -0.1) is 0 Å². The third-order valence-electron chi connectivity index (χ3n) is 4.85. The van der Waals surface area contributed by atoms with E-state index in [4.69, 9.17) is 4.74 Å². The van der Waals surface area contributed by atoms with E-state index in [1.54, 1.807) is 0 Å². The summed E-state index contributed by atoms with van der Waals surface area (Å²) in [7, 11) is 2.31. The van der Waals surface area contributed by atoms with Gasteiger partial charge < -0.3 is 9.22 Å².